The number of hydrogen-bond donors (Lipinski definition) is 1. The molecule has 116 valence electrons. The van der Waals surface area contributed by atoms with Gasteiger partial charge in [0.2, 0.25) is 0 Å². The first-order valence-electron chi connectivity index (χ1n) is 6.71. The van der Waals surface area contributed by atoms with Gasteiger partial charge in [-0.15, -0.1) is 0 Å². The third kappa shape index (κ3) is 3.13. The van der Waals surface area contributed by atoms with E-state index in [0.29, 0.717) is 21.6 Å². The van der Waals surface area contributed by atoms with Crippen LogP contribution in [0.25, 0.3) is 10.9 Å². The van der Waals surface area contributed by atoms with Crippen molar-refractivity contribution in [3.63, 3.8) is 0 Å². The maximum atomic E-state index is 11.4. The zero-order chi connectivity index (χ0) is 16.6. The molecule has 7 heteroatoms. The summed E-state index contributed by atoms with van der Waals surface area (Å²) in [6.45, 7) is 1.89. The molecule has 0 saturated carbocycles. The van der Waals surface area contributed by atoms with Gasteiger partial charge in [-0.25, -0.2) is 4.98 Å². The minimum Gasteiger partial charge on any atom is -0.349 e. The second-order valence-electron chi connectivity index (χ2n) is 5.02. The summed E-state index contributed by atoms with van der Waals surface area (Å²) in [5.74, 6) is 0. The Hall–Kier alpha value is -2.18. The number of halogens is 2. The van der Waals surface area contributed by atoms with E-state index in [2.05, 4.69) is 26.2 Å². The average Bonchev–Trinajstić information content (AvgIpc) is 2.50. The minimum atomic E-state index is -0.444. The van der Waals surface area contributed by atoms with Crippen LogP contribution in [0.2, 0.25) is 5.02 Å². The van der Waals surface area contributed by atoms with E-state index < -0.39 is 4.92 Å². The molecule has 0 fully saturated rings. The molecule has 3 rings (SSSR count). The lowest BCUT2D eigenvalue weighted by Gasteiger charge is -2.12. The highest BCUT2D eigenvalue weighted by atomic mass is 79.9. The molecule has 1 aromatic heterocycles. The molecule has 0 aliphatic rings. The number of aromatic nitrogens is 1. The molecule has 5 nitrogen and oxygen atoms in total. The lowest BCUT2D eigenvalue weighted by atomic mass is 10.1. The topological polar surface area (TPSA) is 68.1 Å². The van der Waals surface area contributed by atoms with Crippen molar-refractivity contribution < 1.29 is 4.92 Å². The number of anilines is 2. The highest BCUT2D eigenvalue weighted by Crippen LogP contribution is 2.36. The van der Waals surface area contributed by atoms with Crippen molar-refractivity contribution in [3.05, 3.63) is 67.8 Å². The molecule has 0 spiro atoms. The molecule has 0 aliphatic carbocycles. The fourth-order valence-corrected chi connectivity index (χ4v) is 2.91. The van der Waals surface area contributed by atoms with Crippen molar-refractivity contribution in [2.24, 2.45) is 0 Å². The van der Waals surface area contributed by atoms with Crippen LogP contribution in [0.5, 0.6) is 0 Å². The Bertz CT molecular complexity index is 931. The third-order valence-electron chi connectivity index (χ3n) is 3.45. The summed E-state index contributed by atoms with van der Waals surface area (Å²) in [7, 11) is 0. The van der Waals surface area contributed by atoms with Gasteiger partial charge in [0.25, 0.3) is 0 Å². The molecule has 0 atom stereocenters. The van der Waals surface area contributed by atoms with Crippen LogP contribution >= 0.6 is 27.5 Å². The number of fused-ring (bicyclic) bond motifs is 1. The van der Waals surface area contributed by atoms with Crippen LogP contribution in [0.15, 0.2) is 47.1 Å². The van der Waals surface area contributed by atoms with Crippen LogP contribution in [-0.2, 0) is 0 Å². The van der Waals surface area contributed by atoms with Crippen LogP contribution < -0.4 is 5.32 Å². The molecule has 1 N–H and O–H groups in total. The molecule has 0 radical (unpaired) electrons. The summed E-state index contributed by atoms with van der Waals surface area (Å²) >= 11 is 9.36. The van der Waals surface area contributed by atoms with E-state index in [-0.39, 0.29) is 5.69 Å². The second kappa shape index (κ2) is 6.14. The van der Waals surface area contributed by atoms with Gasteiger partial charge in [-0.3, -0.25) is 10.1 Å². The molecular weight excluding hydrogens is 382 g/mol. The summed E-state index contributed by atoms with van der Waals surface area (Å²) < 4.78 is 0.822. The van der Waals surface area contributed by atoms with E-state index in [1.54, 1.807) is 18.2 Å². The zero-order valence-corrected chi connectivity index (χ0v) is 14.4. The molecule has 3 aromatic rings. The molecule has 0 saturated heterocycles. The van der Waals surface area contributed by atoms with E-state index in [9.17, 15) is 10.1 Å². The SMILES string of the molecule is Cc1cc(Cl)ccc1Nc1c([N+](=O)[O-])cnc2ccc(Br)cc12. The van der Waals surface area contributed by atoms with E-state index >= 15 is 0 Å². The van der Waals surface area contributed by atoms with Crippen LogP contribution in [-0.4, -0.2) is 9.91 Å². The summed E-state index contributed by atoms with van der Waals surface area (Å²) in [5, 5.41) is 15.8. The first-order chi connectivity index (χ1) is 11.0. The van der Waals surface area contributed by atoms with Gasteiger partial charge in [-0.05, 0) is 48.9 Å². The number of aryl methyl sites for hydroxylation is 1. The number of pyridine rings is 1. The molecule has 0 bridgehead atoms. The maximum absolute atomic E-state index is 11.4. The Kier molecular flexibility index (Phi) is 4.19. The Morgan fingerprint density at radius 1 is 1.26 bits per heavy atom. The van der Waals surface area contributed by atoms with Crippen LogP contribution in [0.4, 0.5) is 17.1 Å². The predicted molar refractivity (Wildman–Crippen MR) is 95.6 cm³/mol. The van der Waals surface area contributed by atoms with E-state index in [4.69, 9.17) is 11.6 Å². The van der Waals surface area contributed by atoms with Crippen LogP contribution in [0.1, 0.15) is 5.56 Å². The number of benzene rings is 2. The van der Waals surface area contributed by atoms with Gasteiger partial charge in [0.1, 0.15) is 11.9 Å². The Labute approximate surface area is 145 Å². The Balaban J connectivity index is 2.22. The second-order valence-corrected chi connectivity index (χ2v) is 6.37. The smallest absolute Gasteiger partial charge is 0.311 e. The molecule has 2 aromatic carbocycles. The molecule has 1 heterocycles. The van der Waals surface area contributed by atoms with Gasteiger partial charge in [0.05, 0.1) is 10.4 Å². The summed E-state index contributed by atoms with van der Waals surface area (Å²) in [6.07, 6.45) is 1.27. The van der Waals surface area contributed by atoms with Gasteiger partial charge < -0.3 is 5.32 Å². The summed E-state index contributed by atoms with van der Waals surface area (Å²) in [6, 6.07) is 10.8. The van der Waals surface area contributed by atoms with E-state index in [0.717, 1.165) is 15.7 Å². The van der Waals surface area contributed by atoms with E-state index in [1.807, 2.05) is 25.1 Å². The number of nitro groups is 1. The lowest BCUT2D eigenvalue weighted by molar-refractivity contribution is -0.384. The minimum absolute atomic E-state index is 0.0787. The molecular formula is C16H11BrClN3O2. The normalized spacial score (nSPS) is 10.7. The average molecular weight is 393 g/mol. The van der Waals surface area contributed by atoms with Gasteiger partial charge in [-0.1, -0.05) is 27.5 Å². The van der Waals surface area contributed by atoms with Gasteiger partial charge in [-0.2, -0.15) is 0 Å². The van der Waals surface area contributed by atoms with Crippen LogP contribution in [0, 0.1) is 17.0 Å². The van der Waals surface area contributed by atoms with Gasteiger partial charge >= 0.3 is 5.69 Å². The number of nitrogens with one attached hydrogen (secondary N) is 1. The fourth-order valence-electron chi connectivity index (χ4n) is 2.33. The van der Waals surface area contributed by atoms with Gasteiger partial charge in [0, 0.05) is 20.6 Å². The lowest BCUT2D eigenvalue weighted by Crippen LogP contribution is -2.00. The Morgan fingerprint density at radius 2 is 2.04 bits per heavy atom. The molecule has 0 aliphatic heterocycles. The molecule has 0 unspecified atom stereocenters. The monoisotopic (exact) mass is 391 g/mol. The first-order valence-corrected chi connectivity index (χ1v) is 7.88. The number of nitrogens with zero attached hydrogens (tertiary/aromatic N) is 2. The third-order valence-corrected chi connectivity index (χ3v) is 4.18. The molecule has 0 amide bonds. The largest absolute Gasteiger partial charge is 0.349 e. The zero-order valence-electron chi connectivity index (χ0n) is 12.0. The predicted octanol–water partition coefficient (Wildman–Crippen LogP) is 5.61. The quantitative estimate of drug-likeness (QED) is 0.464. The Morgan fingerprint density at radius 3 is 2.74 bits per heavy atom. The molecule has 23 heavy (non-hydrogen) atoms. The number of rotatable bonds is 3. The highest BCUT2D eigenvalue weighted by molar-refractivity contribution is 9.10. The van der Waals surface area contributed by atoms with Crippen LogP contribution in [0.3, 0.4) is 0 Å². The number of hydrogen-bond acceptors (Lipinski definition) is 4. The van der Waals surface area contributed by atoms with Crippen molar-refractivity contribution in [2.45, 2.75) is 6.92 Å². The van der Waals surface area contributed by atoms with Gasteiger partial charge in [0.15, 0.2) is 0 Å². The fraction of sp³-hybridized carbons (Fsp3) is 0.0625. The van der Waals surface area contributed by atoms with E-state index in [1.165, 1.54) is 6.20 Å². The van der Waals surface area contributed by atoms with Crippen molar-refractivity contribution in [1.29, 1.82) is 0 Å². The first kappa shape index (κ1) is 15.7. The van der Waals surface area contributed by atoms with Crippen molar-refractivity contribution >= 4 is 55.5 Å². The van der Waals surface area contributed by atoms with Crippen molar-refractivity contribution in [1.82, 2.24) is 4.98 Å². The summed E-state index contributed by atoms with van der Waals surface area (Å²) in [4.78, 5) is 15.1. The standard InChI is InChI=1S/C16H11BrClN3O2/c1-9-6-11(18)3-5-13(9)20-16-12-7-10(17)2-4-14(12)19-8-15(16)21(22)23/h2-8H,1H3,(H,19,20). The maximum Gasteiger partial charge on any atom is 0.311 e. The van der Waals surface area contributed by atoms with Crippen molar-refractivity contribution in [2.75, 3.05) is 5.32 Å². The highest BCUT2D eigenvalue weighted by Gasteiger charge is 2.19. The van der Waals surface area contributed by atoms with Crippen molar-refractivity contribution in [3.8, 4) is 0 Å². The summed E-state index contributed by atoms with van der Waals surface area (Å²) in [5.41, 5.74) is 2.65.